The van der Waals surface area contributed by atoms with E-state index in [1.807, 2.05) is 0 Å². The minimum absolute atomic E-state index is 0.0824. The summed E-state index contributed by atoms with van der Waals surface area (Å²) in [6.07, 6.45) is 6.05. The molecule has 0 radical (unpaired) electrons. The number of carbonyl (C=O) groups excluding carboxylic acids is 1. The van der Waals surface area contributed by atoms with Crippen LogP contribution in [0.5, 0.6) is 0 Å². The summed E-state index contributed by atoms with van der Waals surface area (Å²) in [5.74, 6) is 0.0824. The predicted octanol–water partition coefficient (Wildman–Crippen LogP) is 0.799. The van der Waals surface area contributed by atoms with E-state index in [2.05, 4.69) is 5.32 Å². The highest BCUT2D eigenvalue weighted by atomic mass is 16.5. The summed E-state index contributed by atoms with van der Waals surface area (Å²) in [5, 5.41) is 2.60. The average Bonchev–Trinajstić information content (AvgIpc) is 2.24. The molecule has 0 aliphatic heterocycles. The summed E-state index contributed by atoms with van der Waals surface area (Å²) in [4.78, 5) is 10.9. The van der Waals surface area contributed by atoms with Crippen molar-refractivity contribution in [3.05, 3.63) is 0 Å². The summed E-state index contributed by atoms with van der Waals surface area (Å²) in [5.41, 5.74) is 5.86. The lowest BCUT2D eigenvalue weighted by Gasteiger charge is -2.26. The smallest absolute Gasteiger partial charge is 0.219 e. The van der Waals surface area contributed by atoms with E-state index >= 15 is 0 Å². The number of hydrogen-bond acceptors (Lipinski definition) is 3. The van der Waals surface area contributed by atoms with Crippen LogP contribution in [-0.4, -0.2) is 31.7 Å². The van der Waals surface area contributed by atoms with Crippen LogP contribution in [0.4, 0.5) is 0 Å². The van der Waals surface area contributed by atoms with Crippen molar-refractivity contribution < 1.29 is 9.53 Å². The summed E-state index contributed by atoms with van der Waals surface area (Å²) in [6.45, 7) is 0.671. The Kier molecular flexibility index (Phi) is 5.65. The van der Waals surface area contributed by atoms with E-state index in [4.69, 9.17) is 10.5 Å². The minimum Gasteiger partial charge on any atom is -0.378 e. The van der Waals surface area contributed by atoms with Crippen molar-refractivity contribution in [1.29, 1.82) is 0 Å². The number of nitrogens with two attached hydrogens (primary N) is 1. The Hall–Kier alpha value is -0.610. The quantitative estimate of drug-likeness (QED) is 0.665. The molecular formula is C11H22N2O2. The number of amides is 1. The first-order valence-corrected chi connectivity index (χ1v) is 5.80. The van der Waals surface area contributed by atoms with Crippen LogP contribution in [0.25, 0.3) is 0 Å². The third-order valence-electron chi connectivity index (χ3n) is 2.85. The molecule has 15 heavy (non-hydrogen) atoms. The molecule has 1 aliphatic rings. The maximum atomic E-state index is 10.9. The van der Waals surface area contributed by atoms with Crippen molar-refractivity contribution in [2.75, 3.05) is 13.7 Å². The zero-order valence-corrected chi connectivity index (χ0v) is 9.50. The van der Waals surface area contributed by atoms with Crippen LogP contribution < -0.4 is 11.1 Å². The molecule has 0 spiro atoms. The maximum Gasteiger partial charge on any atom is 0.219 e. The van der Waals surface area contributed by atoms with Gasteiger partial charge in [-0.3, -0.25) is 4.79 Å². The van der Waals surface area contributed by atoms with E-state index in [1.54, 1.807) is 7.05 Å². The van der Waals surface area contributed by atoms with Crippen molar-refractivity contribution in [2.24, 2.45) is 5.73 Å². The monoisotopic (exact) mass is 214 g/mol. The fourth-order valence-electron chi connectivity index (χ4n) is 1.94. The average molecular weight is 214 g/mol. The molecule has 0 saturated heterocycles. The van der Waals surface area contributed by atoms with Crippen LogP contribution in [0, 0.1) is 0 Å². The lowest BCUT2D eigenvalue weighted by molar-refractivity contribution is -0.121. The molecule has 4 nitrogen and oxygen atoms in total. The van der Waals surface area contributed by atoms with Gasteiger partial charge in [0.15, 0.2) is 0 Å². The van der Waals surface area contributed by atoms with Crippen LogP contribution in [0.3, 0.4) is 0 Å². The second-order valence-electron chi connectivity index (χ2n) is 4.20. The van der Waals surface area contributed by atoms with Crippen molar-refractivity contribution in [3.8, 4) is 0 Å². The van der Waals surface area contributed by atoms with Gasteiger partial charge in [0.1, 0.15) is 0 Å². The summed E-state index contributed by atoms with van der Waals surface area (Å²) < 4.78 is 5.69. The van der Waals surface area contributed by atoms with Crippen LogP contribution in [0.1, 0.15) is 38.5 Å². The van der Waals surface area contributed by atoms with Gasteiger partial charge in [-0.1, -0.05) is 0 Å². The Labute approximate surface area is 91.5 Å². The Morgan fingerprint density at radius 2 is 2.33 bits per heavy atom. The Morgan fingerprint density at radius 3 is 3.00 bits per heavy atom. The second kappa shape index (κ2) is 6.80. The van der Waals surface area contributed by atoms with E-state index in [9.17, 15) is 4.79 Å². The lowest BCUT2D eigenvalue weighted by atomic mass is 9.93. The highest BCUT2D eigenvalue weighted by molar-refractivity contribution is 5.75. The van der Waals surface area contributed by atoms with Gasteiger partial charge in [-0.25, -0.2) is 0 Å². The van der Waals surface area contributed by atoms with Gasteiger partial charge in [0.2, 0.25) is 5.91 Å². The first-order valence-electron chi connectivity index (χ1n) is 5.80. The fraction of sp³-hybridized carbons (Fsp3) is 0.909. The number of ether oxygens (including phenoxy) is 1. The van der Waals surface area contributed by atoms with Crippen molar-refractivity contribution in [2.45, 2.75) is 50.7 Å². The molecule has 0 aromatic carbocycles. The van der Waals surface area contributed by atoms with E-state index in [-0.39, 0.29) is 5.91 Å². The summed E-state index contributed by atoms with van der Waals surface area (Å²) in [7, 11) is 1.66. The third kappa shape index (κ3) is 5.14. The van der Waals surface area contributed by atoms with E-state index in [1.165, 1.54) is 6.42 Å². The van der Waals surface area contributed by atoms with E-state index in [0.717, 1.165) is 25.7 Å². The molecule has 0 aromatic rings. The van der Waals surface area contributed by atoms with Crippen molar-refractivity contribution in [1.82, 2.24) is 5.32 Å². The molecule has 0 bridgehead atoms. The number of nitrogens with one attached hydrogen (secondary N) is 1. The van der Waals surface area contributed by atoms with E-state index < -0.39 is 0 Å². The van der Waals surface area contributed by atoms with Crippen LogP contribution in [0.15, 0.2) is 0 Å². The van der Waals surface area contributed by atoms with E-state index in [0.29, 0.717) is 25.2 Å². The zero-order valence-electron chi connectivity index (χ0n) is 9.50. The van der Waals surface area contributed by atoms with Crippen LogP contribution in [-0.2, 0) is 9.53 Å². The highest BCUT2D eigenvalue weighted by Gasteiger charge is 2.19. The van der Waals surface area contributed by atoms with Gasteiger partial charge in [0.05, 0.1) is 6.10 Å². The molecule has 2 atom stereocenters. The Balaban J connectivity index is 2.02. The first-order chi connectivity index (χ1) is 7.22. The second-order valence-corrected chi connectivity index (χ2v) is 4.20. The molecule has 1 aliphatic carbocycles. The molecule has 0 aromatic heterocycles. The SMILES string of the molecule is CNC(=O)CCCOC1CCCC(N)C1. The highest BCUT2D eigenvalue weighted by Crippen LogP contribution is 2.19. The molecule has 4 heteroatoms. The molecule has 88 valence electrons. The maximum absolute atomic E-state index is 10.9. The standard InChI is InChI=1S/C11H22N2O2/c1-13-11(14)6-3-7-15-10-5-2-4-9(12)8-10/h9-10H,2-8,12H2,1H3,(H,13,14). The number of rotatable bonds is 5. The molecule has 1 fully saturated rings. The molecule has 1 amide bonds. The summed E-state index contributed by atoms with van der Waals surface area (Å²) >= 11 is 0. The normalized spacial score (nSPS) is 26.3. The Bertz CT molecular complexity index is 197. The largest absolute Gasteiger partial charge is 0.378 e. The summed E-state index contributed by atoms with van der Waals surface area (Å²) in [6, 6.07) is 0.308. The van der Waals surface area contributed by atoms with Gasteiger partial charge in [-0.05, 0) is 32.1 Å². The van der Waals surface area contributed by atoms with Gasteiger partial charge in [0.25, 0.3) is 0 Å². The molecule has 2 unspecified atom stereocenters. The van der Waals surface area contributed by atoms with Crippen LogP contribution >= 0.6 is 0 Å². The van der Waals surface area contributed by atoms with Gasteiger partial charge in [-0.2, -0.15) is 0 Å². The van der Waals surface area contributed by atoms with Gasteiger partial charge >= 0.3 is 0 Å². The minimum atomic E-state index is 0.0824. The molecule has 3 N–H and O–H groups in total. The third-order valence-corrected chi connectivity index (χ3v) is 2.85. The molecule has 1 saturated carbocycles. The number of carbonyl (C=O) groups is 1. The number of hydrogen-bond donors (Lipinski definition) is 2. The lowest BCUT2D eigenvalue weighted by Crippen LogP contribution is -2.32. The molecular weight excluding hydrogens is 192 g/mol. The van der Waals surface area contributed by atoms with Crippen molar-refractivity contribution in [3.63, 3.8) is 0 Å². The topological polar surface area (TPSA) is 64.3 Å². The van der Waals surface area contributed by atoms with Gasteiger partial charge < -0.3 is 15.8 Å². The van der Waals surface area contributed by atoms with Gasteiger partial charge in [-0.15, -0.1) is 0 Å². The Morgan fingerprint density at radius 1 is 1.53 bits per heavy atom. The zero-order chi connectivity index (χ0) is 11.1. The molecule has 1 rings (SSSR count). The predicted molar refractivity (Wildman–Crippen MR) is 59.5 cm³/mol. The van der Waals surface area contributed by atoms with Crippen LogP contribution in [0.2, 0.25) is 0 Å². The molecule has 0 heterocycles. The van der Waals surface area contributed by atoms with Gasteiger partial charge in [0, 0.05) is 26.1 Å². The van der Waals surface area contributed by atoms with Crippen molar-refractivity contribution >= 4 is 5.91 Å². The first kappa shape index (κ1) is 12.5. The fourth-order valence-corrected chi connectivity index (χ4v) is 1.94.